The molecule has 0 fully saturated rings. The number of carboxylic acids is 2. The van der Waals surface area contributed by atoms with Crippen LogP contribution >= 0.6 is 0 Å². The summed E-state index contributed by atoms with van der Waals surface area (Å²) in [5, 5.41) is 34.2. The van der Waals surface area contributed by atoms with Gasteiger partial charge in [-0.25, -0.2) is 0 Å². The molecule has 3 amide bonds. The lowest BCUT2D eigenvalue weighted by Crippen LogP contribution is -2.58. The van der Waals surface area contributed by atoms with Gasteiger partial charge in [0.1, 0.15) is 24.4 Å². The second-order valence-electron chi connectivity index (χ2n) is 7.95. The summed E-state index contributed by atoms with van der Waals surface area (Å²) in [6.07, 6.45) is -0.0618. The first-order valence-electron chi connectivity index (χ1n) is 10.8. The Kier molecular flexibility index (Phi) is 11.5. The van der Waals surface area contributed by atoms with Crippen LogP contribution < -0.4 is 21.7 Å². The molecule has 12 heteroatoms. The van der Waals surface area contributed by atoms with Crippen molar-refractivity contribution in [2.24, 2.45) is 11.7 Å². The Balaban J connectivity index is 2.91. The van der Waals surface area contributed by atoms with Crippen LogP contribution in [0.15, 0.2) is 24.3 Å². The highest BCUT2D eigenvalue weighted by Gasteiger charge is 2.31. The zero-order valence-corrected chi connectivity index (χ0v) is 19.1. The lowest BCUT2D eigenvalue weighted by molar-refractivity contribution is -0.140. The molecule has 0 spiro atoms. The number of hydrogen-bond donors (Lipinski definition) is 7. The lowest BCUT2D eigenvalue weighted by Gasteiger charge is -2.27. The van der Waals surface area contributed by atoms with Gasteiger partial charge < -0.3 is 37.0 Å². The van der Waals surface area contributed by atoms with E-state index in [9.17, 15) is 29.1 Å². The van der Waals surface area contributed by atoms with Crippen LogP contribution in [0.25, 0.3) is 0 Å². The number of nitrogens with two attached hydrogens (primary N) is 1. The third kappa shape index (κ3) is 9.86. The van der Waals surface area contributed by atoms with Crippen LogP contribution in [0.4, 0.5) is 0 Å². The van der Waals surface area contributed by atoms with Gasteiger partial charge in [-0.2, -0.15) is 0 Å². The van der Waals surface area contributed by atoms with Crippen molar-refractivity contribution in [2.45, 2.75) is 57.7 Å². The molecule has 4 atom stereocenters. The Morgan fingerprint density at radius 2 is 1.56 bits per heavy atom. The number of carbonyl (C=O) groups is 5. The molecule has 0 saturated heterocycles. The minimum absolute atomic E-state index is 0.0696. The Morgan fingerprint density at radius 3 is 2.09 bits per heavy atom. The summed E-state index contributed by atoms with van der Waals surface area (Å²) >= 11 is 0. The first-order valence-corrected chi connectivity index (χ1v) is 10.8. The largest absolute Gasteiger partial charge is 0.508 e. The van der Waals surface area contributed by atoms with E-state index >= 15 is 0 Å². The van der Waals surface area contributed by atoms with Crippen LogP contribution in [-0.2, 0) is 30.4 Å². The number of aliphatic carboxylic acids is 2. The molecule has 0 radical (unpaired) electrons. The van der Waals surface area contributed by atoms with E-state index in [0.29, 0.717) is 12.0 Å². The van der Waals surface area contributed by atoms with Gasteiger partial charge >= 0.3 is 11.9 Å². The van der Waals surface area contributed by atoms with E-state index < -0.39 is 60.8 Å². The summed E-state index contributed by atoms with van der Waals surface area (Å²) in [5.41, 5.74) is 6.69. The van der Waals surface area contributed by atoms with Crippen molar-refractivity contribution in [3.8, 4) is 5.75 Å². The van der Waals surface area contributed by atoms with Crippen LogP contribution in [-0.4, -0.2) is 69.7 Å². The Labute approximate surface area is 196 Å². The van der Waals surface area contributed by atoms with E-state index in [0.717, 1.165) is 0 Å². The fourth-order valence-electron chi connectivity index (χ4n) is 3.02. The van der Waals surface area contributed by atoms with E-state index in [4.69, 9.17) is 15.9 Å². The number of benzene rings is 1. The van der Waals surface area contributed by atoms with Crippen LogP contribution in [0.1, 0.15) is 38.7 Å². The van der Waals surface area contributed by atoms with Crippen LogP contribution in [0, 0.1) is 5.92 Å². The standard InChI is InChI=1S/C22H32N4O8/c1-3-12(2)19(26-20(32)15(23)10-13-4-6-14(27)7-5-13)22(34)25-16(8-9-17(28)29)21(33)24-11-18(30)31/h4-7,12,15-16,19,27H,3,8-11,23H2,1-2H3,(H,24,33)(H,25,34)(H,26,32)(H,28,29)(H,30,31). The highest BCUT2D eigenvalue weighted by molar-refractivity contribution is 5.94. The molecule has 4 unspecified atom stereocenters. The van der Waals surface area contributed by atoms with E-state index in [1.54, 1.807) is 26.0 Å². The average Bonchev–Trinajstić information content (AvgIpc) is 2.78. The maximum absolute atomic E-state index is 13.0. The number of aromatic hydroxyl groups is 1. The summed E-state index contributed by atoms with van der Waals surface area (Å²) in [4.78, 5) is 59.6. The minimum Gasteiger partial charge on any atom is -0.508 e. The monoisotopic (exact) mass is 480 g/mol. The van der Waals surface area contributed by atoms with Gasteiger partial charge in [-0.3, -0.25) is 24.0 Å². The molecule has 0 aliphatic heterocycles. The molecule has 188 valence electrons. The Hall–Kier alpha value is -3.67. The zero-order chi connectivity index (χ0) is 25.8. The normalized spacial score (nSPS) is 14.2. The van der Waals surface area contributed by atoms with E-state index in [2.05, 4.69) is 16.0 Å². The number of rotatable bonds is 14. The topological polar surface area (TPSA) is 208 Å². The van der Waals surface area contributed by atoms with E-state index in [1.165, 1.54) is 12.1 Å². The summed E-state index contributed by atoms with van der Waals surface area (Å²) in [6, 6.07) is 2.78. The summed E-state index contributed by atoms with van der Waals surface area (Å²) < 4.78 is 0. The van der Waals surface area contributed by atoms with Crippen molar-refractivity contribution in [2.75, 3.05) is 6.54 Å². The van der Waals surface area contributed by atoms with E-state index in [1.807, 2.05) is 0 Å². The molecule has 1 rings (SSSR count). The fourth-order valence-corrected chi connectivity index (χ4v) is 3.02. The molecule has 0 heterocycles. The van der Waals surface area contributed by atoms with Crippen LogP contribution in [0.2, 0.25) is 0 Å². The molecule has 0 aliphatic carbocycles. The third-order valence-electron chi connectivity index (χ3n) is 5.22. The number of carboxylic acid groups (broad SMARTS) is 2. The summed E-state index contributed by atoms with van der Waals surface area (Å²) in [7, 11) is 0. The third-order valence-corrected chi connectivity index (χ3v) is 5.22. The van der Waals surface area contributed by atoms with Gasteiger partial charge in [0.25, 0.3) is 0 Å². The number of phenolic OH excluding ortho intramolecular Hbond substituents is 1. The molecule has 1 aromatic rings. The maximum Gasteiger partial charge on any atom is 0.322 e. The SMILES string of the molecule is CCC(C)C(NC(=O)C(N)Cc1ccc(O)cc1)C(=O)NC(CCC(=O)O)C(=O)NCC(=O)O. The number of amides is 3. The second kappa shape index (κ2) is 13.8. The van der Waals surface area contributed by atoms with Crippen molar-refractivity contribution < 1.29 is 39.3 Å². The van der Waals surface area contributed by atoms with Gasteiger partial charge in [-0.1, -0.05) is 32.4 Å². The highest BCUT2D eigenvalue weighted by atomic mass is 16.4. The molecule has 0 aromatic heterocycles. The fraction of sp³-hybridized carbons (Fsp3) is 0.500. The Morgan fingerprint density at radius 1 is 0.941 bits per heavy atom. The van der Waals surface area contributed by atoms with Crippen LogP contribution in [0.3, 0.4) is 0 Å². The van der Waals surface area contributed by atoms with Crippen molar-refractivity contribution in [3.63, 3.8) is 0 Å². The van der Waals surface area contributed by atoms with Gasteiger partial charge in [-0.05, 0) is 36.5 Å². The predicted molar refractivity (Wildman–Crippen MR) is 121 cm³/mol. The van der Waals surface area contributed by atoms with Crippen molar-refractivity contribution in [1.82, 2.24) is 16.0 Å². The van der Waals surface area contributed by atoms with Gasteiger partial charge in [0, 0.05) is 6.42 Å². The average molecular weight is 481 g/mol. The molecular formula is C22H32N4O8. The predicted octanol–water partition coefficient (Wildman–Crippen LogP) is -0.657. The van der Waals surface area contributed by atoms with Gasteiger partial charge in [0.2, 0.25) is 17.7 Å². The number of phenols is 1. The van der Waals surface area contributed by atoms with Crippen molar-refractivity contribution in [3.05, 3.63) is 29.8 Å². The molecule has 1 aromatic carbocycles. The molecule has 0 saturated carbocycles. The summed E-state index contributed by atoms with van der Waals surface area (Å²) in [6.45, 7) is 2.82. The Bertz CT molecular complexity index is 874. The molecule has 12 nitrogen and oxygen atoms in total. The number of nitrogens with one attached hydrogen (secondary N) is 3. The first-order chi connectivity index (χ1) is 15.9. The molecule has 34 heavy (non-hydrogen) atoms. The van der Waals surface area contributed by atoms with Gasteiger partial charge in [0.15, 0.2) is 0 Å². The van der Waals surface area contributed by atoms with Crippen molar-refractivity contribution >= 4 is 29.7 Å². The first kappa shape index (κ1) is 28.4. The number of hydrogen-bond acceptors (Lipinski definition) is 7. The van der Waals surface area contributed by atoms with Crippen LogP contribution in [0.5, 0.6) is 5.75 Å². The molecule has 8 N–H and O–H groups in total. The van der Waals surface area contributed by atoms with Gasteiger partial charge in [-0.15, -0.1) is 0 Å². The van der Waals surface area contributed by atoms with E-state index in [-0.39, 0.29) is 24.5 Å². The zero-order valence-electron chi connectivity index (χ0n) is 19.1. The lowest BCUT2D eigenvalue weighted by atomic mass is 9.96. The van der Waals surface area contributed by atoms with Gasteiger partial charge in [0.05, 0.1) is 6.04 Å². The maximum atomic E-state index is 13.0. The molecule has 0 bridgehead atoms. The highest BCUT2D eigenvalue weighted by Crippen LogP contribution is 2.13. The number of carbonyl (C=O) groups excluding carboxylic acids is 3. The molecule has 0 aliphatic rings. The quantitative estimate of drug-likeness (QED) is 0.180. The second-order valence-corrected chi connectivity index (χ2v) is 7.95. The van der Waals surface area contributed by atoms with Crippen molar-refractivity contribution in [1.29, 1.82) is 0 Å². The molecular weight excluding hydrogens is 448 g/mol. The minimum atomic E-state index is -1.31. The smallest absolute Gasteiger partial charge is 0.322 e. The summed E-state index contributed by atoms with van der Waals surface area (Å²) in [5.74, 6) is -4.96.